The van der Waals surface area contributed by atoms with E-state index in [1.54, 1.807) is 0 Å². The highest BCUT2D eigenvalue weighted by Gasteiger charge is 2.45. The monoisotopic (exact) mass is 296 g/mol. The Hall–Kier alpha value is -1.37. The lowest BCUT2D eigenvalue weighted by Gasteiger charge is -2.36. The Labute approximate surface area is 123 Å². The number of hydrogen-bond donors (Lipinski definition) is 2. The summed E-state index contributed by atoms with van der Waals surface area (Å²) in [6.07, 6.45) is 5.74. The van der Waals surface area contributed by atoms with Crippen molar-refractivity contribution in [2.45, 2.75) is 38.3 Å². The zero-order valence-electron chi connectivity index (χ0n) is 11.7. The second-order valence-electron chi connectivity index (χ2n) is 5.62. The summed E-state index contributed by atoms with van der Waals surface area (Å²) in [6, 6.07) is 0. The van der Waals surface area contributed by atoms with E-state index in [1.807, 2.05) is 6.08 Å². The summed E-state index contributed by atoms with van der Waals surface area (Å²) in [5.74, 6) is -1.44. The number of carboxylic acids is 1. The van der Waals surface area contributed by atoms with E-state index in [0.717, 1.165) is 24.8 Å². The number of rotatable bonds is 4. The third-order valence-electron chi connectivity index (χ3n) is 4.37. The van der Waals surface area contributed by atoms with E-state index in [-0.39, 0.29) is 30.3 Å². The zero-order chi connectivity index (χ0) is 14.8. The molecule has 6 nitrogen and oxygen atoms in total. The summed E-state index contributed by atoms with van der Waals surface area (Å²) in [5, 5.41) is 18.7. The van der Waals surface area contributed by atoms with Crippen LogP contribution in [0.4, 0.5) is 0 Å². The molecule has 0 aromatic heterocycles. The average molecular weight is 296 g/mol. The Morgan fingerprint density at radius 3 is 2.95 bits per heavy atom. The molecule has 0 radical (unpaired) electrons. The van der Waals surface area contributed by atoms with E-state index in [1.165, 1.54) is 6.26 Å². The highest BCUT2D eigenvalue weighted by molar-refractivity contribution is 5.87. The van der Waals surface area contributed by atoms with Crippen LogP contribution in [0.1, 0.15) is 25.7 Å². The van der Waals surface area contributed by atoms with Gasteiger partial charge in [0.25, 0.3) is 0 Å². The molecule has 3 aliphatic rings. The van der Waals surface area contributed by atoms with E-state index < -0.39 is 12.3 Å². The first-order chi connectivity index (χ1) is 10.2. The molecule has 2 heterocycles. The fraction of sp³-hybridized carbons (Fsp3) is 0.667. The van der Waals surface area contributed by atoms with Crippen molar-refractivity contribution >= 4 is 5.97 Å². The van der Waals surface area contributed by atoms with Gasteiger partial charge < -0.3 is 24.4 Å². The van der Waals surface area contributed by atoms with Crippen LogP contribution >= 0.6 is 0 Å². The molecule has 2 aliphatic heterocycles. The first-order valence-corrected chi connectivity index (χ1v) is 7.36. The van der Waals surface area contributed by atoms with Crippen molar-refractivity contribution in [2.75, 3.05) is 13.2 Å². The third-order valence-corrected chi connectivity index (χ3v) is 4.37. The zero-order valence-corrected chi connectivity index (χ0v) is 11.7. The number of allylic oxidation sites excluding steroid dienone is 1. The Kier molecular flexibility index (Phi) is 4.28. The van der Waals surface area contributed by atoms with E-state index in [2.05, 4.69) is 0 Å². The minimum Gasteiger partial charge on any atom is -0.478 e. The molecule has 2 N–H and O–H groups in total. The summed E-state index contributed by atoms with van der Waals surface area (Å²) < 4.78 is 16.9. The van der Waals surface area contributed by atoms with Crippen molar-refractivity contribution in [2.24, 2.45) is 11.8 Å². The Morgan fingerprint density at radius 2 is 2.29 bits per heavy atom. The normalized spacial score (nSPS) is 35.5. The van der Waals surface area contributed by atoms with Gasteiger partial charge in [-0.1, -0.05) is 6.08 Å². The van der Waals surface area contributed by atoms with Crippen molar-refractivity contribution < 1.29 is 29.2 Å². The summed E-state index contributed by atoms with van der Waals surface area (Å²) in [5.41, 5.74) is 1.02. The molecule has 0 spiro atoms. The molecular weight excluding hydrogens is 276 g/mol. The largest absolute Gasteiger partial charge is 0.478 e. The maximum absolute atomic E-state index is 11.3. The quantitative estimate of drug-likeness (QED) is 0.763. The number of fused-ring (bicyclic) bond motifs is 1. The topological polar surface area (TPSA) is 85.2 Å². The summed E-state index contributed by atoms with van der Waals surface area (Å²) in [6.45, 7) is 0.563. The Balaban J connectivity index is 1.76. The predicted molar refractivity (Wildman–Crippen MR) is 72.0 cm³/mol. The minimum absolute atomic E-state index is 0.108. The SMILES string of the molecule is O=C(O)C1=COC(OC2CCCCO2)[C@@H]2C(CO)=CCC12. The fourth-order valence-electron chi connectivity index (χ4n) is 3.28. The van der Waals surface area contributed by atoms with Gasteiger partial charge in [0.15, 0.2) is 6.29 Å². The van der Waals surface area contributed by atoms with Gasteiger partial charge in [0.1, 0.15) is 0 Å². The molecule has 6 heteroatoms. The third kappa shape index (κ3) is 2.84. The fourth-order valence-corrected chi connectivity index (χ4v) is 3.28. The summed E-state index contributed by atoms with van der Waals surface area (Å²) >= 11 is 0. The van der Waals surface area contributed by atoms with Crippen LogP contribution in [0, 0.1) is 11.8 Å². The molecule has 0 bridgehead atoms. The van der Waals surface area contributed by atoms with Crippen molar-refractivity contribution in [3.63, 3.8) is 0 Å². The van der Waals surface area contributed by atoms with Crippen LogP contribution in [0.15, 0.2) is 23.5 Å². The van der Waals surface area contributed by atoms with Crippen LogP contribution in [-0.4, -0.2) is 42.0 Å². The van der Waals surface area contributed by atoms with Gasteiger partial charge in [0.2, 0.25) is 6.29 Å². The lowest BCUT2D eigenvalue weighted by Crippen LogP contribution is -2.40. The van der Waals surface area contributed by atoms with Gasteiger partial charge in [-0.25, -0.2) is 4.79 Å². The molecule has 3 unspecified atom stereocenters. The van der Waals surface area contributed by atoms with Crippen LogP contribution in [0.25, 0.3) is 0 Å². The molecule has 21 heavy (non-hydrogen) atoms. The lowest BCUT2D eigenvalue weighted by molar-refractivity contribution is -0.260. The number of carbonyl (C=O) groups is 1. The second kappa shape index (κ2) is 6.17. The van der Waals surface area contributed by atoms with E-state index >= 15 is 0 Å². The maximum atomic E-state index is 11.3. The molecule has 3 rings (SSSR count). The number of aliphatic hydroxyl groups excluding tert-OH is 1. The van der Waals surface area contributed by atoms with Gasteiger partial charge in [-0.05, 0) is 31.3 Å². The first kappa shape index (κ1) is 14.6. The van der Waals surface area contributed by atoms with Gasteiger partial charge in [-0.3, -0.25) is 0 Å². The summed E-state index contributed by atoms with van der Waals surface area (Å²) in [7, 11) is 0. The van der Waals surface area contributed by atoms with Crippen LogP contribution in [0.3, 0.4) is 0 Å². The predicted octanol–water partition coefficient (Wildman–Crippen LogP) is 1.41. The molecule has 1 fully saturated rings. The van der Waals surface area contributed by atoms with Gasteiger partial charge >= 0.3 is 5.97 Å². The standard InChI is InChI=1S/C15H20O6/c16-7-9-4-5-10-11(14(17)18)8-20-15(13(9)10)21-12-3-1-2-6-19-12/h4,8,10,12-13,15-16H,1-3,5-7H2,(H,17,18)/t10?,12?,13-,15?/m1/s1. The average Bonchev–Trinajstić information content (AvgIpc) is 2.92. The van der Waals surface area contributed by atoms with Crippen LogP contribution < -0.4 is 0 Å². The van der Waals surface area contributed by atoms with E-state index in [4.69, 9.17) is 14.2 Å². The Morgan fingerprint density at radius 1 is 1.43 bits per heavy atom. The number of aliphatic hydroxyl groups is 1. The maximum Gasteiger partial charge on any atom is 0.335 e. The van der Waals surface area contributed by atoms with Crippen LogP contribution in [0.5, 0.6) is 0 Å². The van der Waals surface area contributed by atoms with Crippen molar-refractivity contribution in [3.05, 3.63) is 23.5 Å². The highest BCUT2D eigenvalue weighted by atomic mass is 16.8. The molecule has 0 amide bonds. The first-order valence-electron chi connectivity index (χ1n) is 7.36. The molecule has 0 saturated carbocycles. The van der Waals surface area contributed by atoms with Crippen LogP contribution in [-0.2, 0) is 19.0 Å². The Bertz CT molecular complexity index is 463. The molecule has 116 valence electrons. The molecular formula is C15H20O6. The van der Waals surface area contributed by atoms with Crippen molar-refractivity contribution in [3.8, 4) is 0 Å². The highest BCUT2D eigenvalue weighted by Crippen LogP contribution is 2.43. The lowest BCUT2D eigenvalue weighted by atomic mass is 9.83. The van der Waals surface area contributed by atoms with E-state index in [0.29, 0.717) is 13.0 Å². The number of aliphatic carboxylic acids is 1. The van der Waals surface area contributed by atoms with Gasteiger partial charge in [-0.15, -0.1) is 0 Å². The molecule has 1 saturated heterocycles. The smallest absolute Gasteiger partial charge is 0.335 e. The molecule has 0 aromatic carbocycles. The minimum atomic E-state index is -0.982. The van der Waals surface area contributed by atoms with Gasteiger partial charge in [-0.2, -0.15) is 0 Å². The molecule has 1 aliphatic carbocycles. The molecule has 0 aromatic rings. The number of ether oxygens (including phenoxy) is 3. The van der Waals surface area contributed by atoms with E-state index in [9.17, 15) is 15.0 Å². The van der Waals surface area contributed by atoms with Crippen molar-refractivity contribution in [1.29, 1.82) is 0 Å². The number of carboxylic acid groups (broad SMARTS) is 1. The van der Waals surface area contributed by atoms with Crippen molar-refractivity contribution in [1.82, 2.24) is 0 Å². The van der Waals surface area contributed by atoms with Gasteiger partial charge in [0, 0.05) is 12.5 Å². The molecule has 4 atom stereocenters. The second-order valence-corrected chi connectivity index (χ2v) is 5.62. The summed E-state index contributed by atoms with van der Waals surface area (Å²) in [4.78, 5) is 11.3. The number of hydrogen-bond acceptors (Lipinski definition) is 5. The van der Waals surface area contributed by atoms with Crippen LogP contribution in [0.2, 0.25) is 0 Å². The van der Waals surface area contributed by atoms with Gasteiger partial charge in [0.05, 0.1) is 24.4 Å².